The Kier molecular flexibility index (Phi) is 11.1. The smallest absolute Gasteiger partial charge is 0.229 e. The Hall–Kier alpha value is -1.08. The Labute approximate surface area is 168 Å². The molecule has 1 heterocycles. The van der Waals surface area contributed by atoms with Crippen LogP contribution in [-0.2, 0) is 22.0 Å². The van der Waals surface area contributed by atoms with Gasteiger partial charge in [0.2, 0.25) is 10.0 Å². The fourth-order valence-corrected chi connectivity index (χ4v) is 3.48. The predicted octanol–water partition coefficient (Wildman–Crippen LogP) is 5.50. The van der Waals surface area contributed by atoms with Crippen LogP contribution >= 0.6 is 22.9 Å². The van der Waals surface area contributed by atoms with E-state index in [1.807, 2.05) is 32.2 Å². The number of anilines is 1. The van der Waals surface area contributed by atoms with Crippen LogP contribution in [-0.4, -0.2) is 21.7 Å². The molecule has 0 saturated carbocycles. The van der Waals surface area contributed by atoms with Crippen LogP contribution in [0.4, 0.5) is 5.69 Å². The molecule has 26 heavy (non-hydrogen) atoms. The highest BCUT2D eigenvalue weighted by Crippen LogP contribution is 2.25. The van der Waals surface area contributed by atoms with Crippen LogP contribution in [0.25, 0.3) is 0 Å². The Morgan fingerprint density at radius 1 is 1.15 bits per heavy atom. The van der Waals surface area contributed by atoms with Gasteiger partial charge in [-0.15, -0.1) is 11.3 Å². The van der Waals surface area contributed by atoms with Crippen molar-refractivity contribution in [3.8, 4) is 0 Å². The van der Waals surface area contributed by atoms with E-state index in [0.29, 0.717) is 22.7 Å². The van der Waals surface area contributed by atoms with Crippen molar-refractivity contribution in [3.05, 3.63) is 51.2 Å². The molecule has 2 aromatic rings. The molecule has 1 aromatic carbocycles. The van der Waals surface area contributed by atoms with E-state index in [4.69, 9.17) is 11.6 Å². The van der Waals surface area contributed by atoms with Gasteiger partial charge in [-0.1, -0.05) is 58.4 Å². The van der Waals surface area contributed by atoms with Gasteiger partial charge in [0, 0.05) is 22.1 Å². The molecule has 2 N–H and O–H groups in total. The molecule has 0 amide bonds. The van der Waals surface area contributed by atoms with Gasteiger partial charge in [0.05, 0.1) is 6.26 Å². The lowest BCUT2D eigenvalue weighted by atomic mass is 9.95. The molecule has 0 atom stereocenters. The van der Waals surface area contributed by atoms with E-state index < -0.39 is 10.0 Å². The number of benzene rings is 1. The number of rotatable bonds is 4. The van der Waals surface area contributed by atoms with Crippen molar-refractivity contribution < 1.29 is 8.42 Å². The van der Waals surface area contributed by atoms with E-state index in [0.717, 1.165) is 11.8 Å². The summed E-state index contributed by atoms with van der Waals surface area (Å²) in [6.45, 7) is 11.4. The molecule has 0 aliphatic carbocycles. The van der Waals surface area contributed by atoms with Gasteiger partial charge in [-0.05, 0) is 41.6 Å². The number of halogens is 1. The lowest BCUT2D eigenvalue weighted by Crippen LogP contribution is -2.10. The number of thiophene rings is 1. The van der Waals surface area contributed by atoms with Gasteiger partial charge in [-0.2, -0.15) is 0 Å². The van der Waals surface area contributed by atoms with Crippen molar-refractivity contribution in [1.82, 2.24) is 5.32 Å². The molecule has 0 saturated heterocycles. The third kappa shape index (κ3) is 10.2. The molecule has 1 aromatic heterocycles. The van der Waals surface area contributed by atoms with E-state index in [2.05, 4.69) is 48.3 Å². The Morgan fingerprint density at radius 3 is 2.12 bits per heavy atom. The fourth-order valence-electron chi connectivity index (χ4n) is 1.86. The largest absolute Gasteiger partial charge is 0.316 e. The summed E-state index contributed by atoms with van der Waals surface area (Å²) in [6, 6.07) is 9.34. The Morgan fingerprint density at radius 2 is 1.77 bits per heavy atom. The number of hydrogen-bond donors (Lipinski definition) is 2. The summed E-state index contributed by atoms with van der Waals surface area (Å²) in [7, 11) is -1.42. The van der Waals surface area contributed by atoms with E-state index in [-0.39, 0.29) is 0 Å². The highest BCUT2D eigenvalue weighted by atomic mass is 35.5. The highest BCUT2D eigenvalue weighted by Gasteiger charge is 2.13. The normalized spacial score (nSPS) is 10.9. The van der Waals surface area contributed by atoms with Crippen LogP contribution in [0.3, 0.4) is 0 Å². The molecule has 148 valence electrons. The molecule has 0 fully saturated rings. The van der Waals surface area contributed by atoms with Gasteiger partial charge in [0.15, 0.2) is 0 Å². The SMILES string of the molecule is CC.CC(C)(C)c1cccs1.CNCc1ccc(NS(C)(=O)=O)cc1Cl. The third-order valence-corrected chi connectivity index (χ3v) is 5.24. The minimum Gasteiger partial charge on any atom is -0.316 e. The second-order valence-corrected chi connectivity index (χ2v) is 9.54. The second-order valence-electron chi connectivity index (χ2n) is 6.44. The summed E-state index contributed by atoms with van der Waals surface area (Å²) in [4.78, 5) is 1.46. The zero-order valence-electron chi connectivity index (χ0n) is 16.7. The second kappa shape index (κ2) is 11.6. The number of sulfonamides is 1. The quantitative estimate of drug-likeness (QED) is 0.688. The first kappa shape index (κ1) is 24.9. The molecular weight excluding hydrogens is 388 g/mol. The standard InChI is InChI=1S/C9H13ClN2O2S.C8H12S.C2H6/c1-11-6-7-3-4-8(5-9(7)10)12-15(2,13)14;1-8(2,3)7-5-4-6-9-7;1-2/h3-5,11-12H,6H2,1-2H3;4-6H,1-3H3;1-2H3. The van der Waals surface area contributed by atoms with Crippen LogP contribution in [0.1, 0.15) is 45.1 Å². The van der Waals surface area contributed by atoms with Crippen molar-refractivity contribution >= 4 is 38.6 Å². The summed E-state index contributed by atoms with van der Waals surface area (Å²) < 4.78 is 24.3. The zero-order chi connectivity index (χ0) is 20.4. The summed E-state index contributed by atoms with van der Waals surface area (Å²) in [5, 5.41) is 5.63. The molecule has 0 radical (unpaired) electrons. The molecule has 0 bridgehead atoms. The first-order chi connectivity index (χ1) is 12.0. The average Bonchev–Trinajstić information content (AvgIpc) is 3.06. The maximum absolute atomic E-state index is 11.0. The van der Waals surface area contributed by atoms with E-state index >= 15 is 0 Å². The van der Waals surface area contributed by atoms with Crippen molar-refractivity contribution in [3.63, 3.8) is 0 Å². The molecule has 0 aliphatic heterocycles. The summed E-state index contributed by atoms with van der Waals surface area (Å²) in [6.07, 6.45) is 1.10. The van der Waals surface area contributed by atoms with Gasteiger partial charge < -0.3 is 5.32 Å². The zero-order valence-corrected chi connectivity index (χ0v) is 19.1. The molecule has 4 nitrogen and oxygen atoms in total. The van der Waals surface area contributed by atoms with E-state index in [1.54, 1.807) is 18.2 Å². The summed E-state index contributed by atoms with van der Waals surface area (Å²) >= 11 is 7.79. The Bertz CT molecular complexity index is 737. The van der Waals surface area contributed by atoms with Crippen LogP contribution in [0.2, 0.25) is 5.02 Å². The lowest BCUT2D eigenvalue weighted by molar-refractivity contribution is 0.604. The third-order valence-electron chi connectivity index (χ3n) is 2.98. The topological polar surface area (TPSA) is 58.2 Å². The minimum absolute atomic E-state index is 0.341. The lowest BCUT2D eigenvalue weighted by Gasteiger charge is -2.14. The van der Waals surface area contributed by atoms with Crippen LogP contribution in [0.5, 0.6) is 0 Å². The molecule has 2 rings (SSSR count). The van der Waals surface area contributed by atoms with Crippen molar-refractivity contribution in [2.24, 2.45) is 0 Å². The Balaban J connectivity index is 0.000000484. The molecular formula is C19H31ClN2O2S2. The van der Waals surface area contributed by atoms with Gasteiger partial charge in [0.25, 0.3) is 0 Å². The van der Waals surface area contributed by atoms with Gasteiger partial charge in [-0.25, -0.2) is 8.42 Å². The summed E-state index contributed by atoms with van der Waals surface area (Å²) in [5.74, 6) is 0. The van der Waals surface area contributed by atoms with Crippen molar-refractivity contribution in [2.75, 3.05) is 18.0 Å². The van der Waals surface area contributed by atoms with Crippen LogP contribution in [0.15, 0.2) is 35.7 Å². The maximum Gasteiger partial charge on any atom is 0.229 e. The summed E-state index contributed by atoms with van der Waals surface area (Å²) in [5.41, 5.74) is 1.74. The maximum atomic E-state index is 11.0. The number of nitrogens with one attached hydrogen (secondary N) is 2. The van der Waals surface area contributed by atoms with Gasteiger partial charge in [-0.3, -0.25) is 4.72 Å². The van der Waals surface area contributed by atoms with Gasteiger partial charge in [0.1, 0.15) is 0 Å². The number of hydrogen-bond acceptors (Lipinski definition) is 4. The predicted molar refractivity (Wildman–Crippen MR) is 117 cm³/mol. The first-order valence-electron chi connectivity index (χ1n) is 8.47. The van der Waals surface area contributed by atoms with E-state index in [1.165, 1.54) is 4.88 Å². The monoisotopic (exact) mass is 418 g/mol. The molecule has 0 aliphatic rings. The van der Waals surface area contributed by atoms with Crippen LogP contribution in [0, 0.1) is 0 Å². The molecule has 0 unspecified atom stereocenters. The molecule has 0 spiro atoms. The van der Waals surface area contributed by atoms with Gasteiger partial charge >= 0.3 is 0 Å². The fraction of sp³-hybridized carbons (Fsp3) is 0.474. The average molecular weight is 419 g/mol. The van der Waals surface area contributed by atoms with Crippen molar-refractivity contribution in [2.45, 2.75) is 46.6 Å². The van der Waals surface area contributed by atoms with E-state index in [9.17, 15) is 8.42 Å². The first-order valence-corrected chi connectivity index (χ1v) is 11.6. The van der Waals surface area contributed by atoms with Crippen molar-refractivity contribution in [1.29, 1.82) is 0 Å². The highest BCUT2D eigenvalue weighted by molar-refractivity contribution is 7.92. The minimum atomic E-state index is -3.24. The molecule has 7 heteroatoms. The van der Waals surface area contributed by atoms with Crippen LogP contribution < -0.4 is 10.0 Å².